The van der Waals surface area contributed by atoms with Gasteiger partial charge in [-0.2, -0.15) is 35.1 Å². The van der Waals surface area contributed by atoms with Gasteiger partial charge in [0.2, 0.25) is 0 Å². The first-order chi connectivity index (χ1) is 6.73. The summed E-state index contributed by atoms with van der Waals surface area (Å²) in [5.74, 6) is -23.9. The van der Waals surface area contributed by atoms with Crippen molar-refractivity contribution in [3.63, 3.8) is 0 Å². The summed E-state index contributed by atoms with van der Waals surface area (Å²) in [4.78, 5) is 0. The van der Waals surface area contributed by atoms with Gasteiger partial charge in [0.1, 0.15) is 0 Å². The molecule has 1 aliphatic rings. The zero-order valence-electron chi connectivity index (χ0n) is 6.70. The molecular weight excluding hydrogens is 280 g/mol. The lowest BCUT2D eigenvalue weighted by Crippen LogP contribution is -2.82. The first-order valence-corrected chi connectivity index (χ1v) is 4.06. The predicted octanol–water partition coefficient (Wildman–Crippen LogP) is 1.88. The standard InChI is InChI=1S/C4F8.H2O3S/c5-1(6)2(7,8)4(11,12)3(1,9)10;1-4(2)3/h;(H2,1,2,3)/p-1. The van der Waals surface area contributed by atoms with E-state index in [2.05, 4.69) is 0 Å². The Morgan fingerprint density at radius 3 is 0.875 bits per heavy atom. The molecule has 3 nitrogen and oxygen atoms in total. The van der Waals surface area contributed by atoms with Gasteiger partial charge in [0.05, 0.1) is 11.4 Å². The average molecular weight is 281 g/mol. The van der Waals surface area contributed by atoms with Gasteiger partial charge >= 0.3 is 23.7 Å². The van der Waals surface area contributed by atoms with Gasteiger partial charge in [0, 0.05) is 0 Å². The van der Waals surface area contributed by atoms with Crippen molar-refractivity contribution in [3.05, 3.63) is 0 Å². The smallest absolute Gasteiger partial charge is 0.385 e. The van der Waals surface area contributed by atoms with Gasteiger partial charge in [-0.3, -0.25) is 0 Å². The summed E-state index contributed by atoms with van der Waals surface area (Å²) < 4.78 is 117. The van der Waals surface area contributed by atoms with E-state index >= 15 is 0 Å². The van der Waals surface area contributed by atoms with Crippen molar-refractivity contribution in [1.29, 1.82) is 0 Å². The fourth-order valence-corrected chi connectivity index (χ4v) is 0.726. The zero-order chi connectivity index (χ0) is 13.6. The van der Waals surface area contributed by atoms with Crippen LogP contribution in [-0.2, 0) is 11.4 Å². The Kier molecular flexibility index (Phi) is 3.65. The monoisotopic (exact) mass is 281 g/mol. The largest absolute Gasteiger partial charge is 0.750 e. The van der Waals surface area contributed by atoms with Crippen molar-refractivity contribution in [1.82, 2.24) is 0 Å². The quantitative estimate of drug-likeness (QED) is 0.544. The number of halogens is 8. The van der Waals surface area contributed by atoms with Crippen LogP contribution in [0.15, 0.2) is 0 Å². The normalized spacial score (nSPS) is 29.4. The third-order valence-electron chi connectivity index (χ3n) is 1.58. The lowest BCUT2D eigenvalue weighted by atomic mass is 9.80. The van der Waals surface area contributed by atoms with Crippen molar-refractivity contribution in [2.75, 3.05) is 0 Å². The Morgan fingerprint density at radius 2 is 0.812 bits per heavy atom. The van der Waals surface area contributed by atoms with Crippen molar-refractivity contribution >= 4 is 11.4 Å². The van der Waals surface area contributed by atoms with E-state index in [0.29, 0.717) is 0 Å². The van der Waals surface area contributed by atoms with E-state index in [4.69, 9.17) is 13.3 Å². The fourth-order valence-electron chi connectivity index (χ4n) is 0.726. The molecule has 12 heteroatoms. The first-order valence-electron chi connectivity index (χ1n) is 3.03. The highest BCUT2D eigenvalue weighted by Crippen LogP contribution is 2.69. The maximum absolute atomic E-state index is 11.6. The van der Waals surface area contributed by atoms with Crippen LogP contribution in [0.5, 0.6) is 0 Å². The van der Waals surface area contributed by atoms with E-state index in [1.165, 1.54) is 0 Å². The molecule has 0 bridgehead atoms. The molecule has 98 valence electrons. The second-order valence-electron chi connectivity index (χ2n) is 2.51. The molecule has 0 aromatic rings. The zero-order valence-corrected chi connectivity index (χ0v) is 7.51. The van der Waals surface area contributed by atoms with Crippen LogP contribution < -0.4 is 0 Å². The predicted molar refractivity (Wildman–Crippen MR) is 31.3 cm³/mol. The van der Waals surface area contributed by atoms with Crippen LogP contribution in [0.25, 0.3) is 0 Å². The van der Waals surface area contributed by atoms with Gasteiger partial charge in [-0.25, -0.2) is 4.21 Å². The SMILES string of the molecule is FC1(F)C(F)(F)C(F)(F)C1(F)F.O=S([O-])O. The van der Waals surface area contributed by atoms with Crippen LogP contribution in [-0.4, -0.2) is 37.0 Å². The molecule has 0 radical (unpaired) electrons. The Balaban J connectivity index is 0.000000487. The van der Waals surface area contributed by atoms with E-state index in [-0.39, 0.29) is 0 Å². The molecule has 0 saturated heterocycles. The topological polar surface area (TPSA) is 60.4 Å². The van der Waals surface area contributed by atoms with E-state index in [9.17, 15) is 35.1 Å². The third kappa shape index (κ3) is 1.68. The lowest BCUT2D eigenvalue weighted by molar-refractivity contribution is -0.506. The molecule has 0 aliphatic heterocycles. The number of hydrogen-bond donors (Lipinski definition) is 1. The molecule has 1 atom stereocenters. The molecule has 0 spiro atoms. The fraction of sp³-hybridized carbons (Fsp3) is 1.00. The molecule has 0 heterocycles. The molecule has 16 heavy (non-hydrogen) atoms. The summed E-state index contributed by atoms with van der Waals surface area (Å²) in [6, 6.07) is 0. The van der Waals surface area contributed by atoms with Gasteiger partial charge in [-0.05, 0) is 0 Å². The van der Waals surface area contributed by atoms with Crippen molar-refractivity contribution < 1.29 is 48.4 Å². The molecule has 1 rings (SSSR count). The van der Waals surface area contributed by atoms with E-state index < -0.39 is 35.1 Å². The van der Waals surface area contributed by atoms with Crippen LogP contribution in [0.2, 0.25) is 0 Å². The summed E-state index contributed by atoms with van der Waals surface area (Å²) in [6.45, 7) is 0. The maximum Gasteiger partial charge on any atom is 0.385 e. The number of rotatable bonds is 0. The summed E-state index contributed by atoms with van der Waals surface area (Å²) in [6.07, 6.45) is 0. The Morgan fingerprint density at radius 1 is 0.750 bits per heavy atom. The molecule has 1 N–H and O–H groups in total. The molecule has 0 aromatic carbocycles. The van der Waals surface area contributed by atoms with Gasteiger partial charge in [0.25, 0.3) is 0 Å². The van der Waals surface area contributed by atoms with Crippen LogP contribution in [0, 0.1) is 0 Å². The second-order valence-corrected chi connectivity index (χ2v) is 2.95. The molecule has 1 fully saturated rings. The highest BCUT2D eigenvalue weighted by atomic mass is 32.2. The van der Waals surface area contributed by atoms with Crippen LogP contribution in [0.4, 0.5) is 35.1 Å². The highest BCUT2D eigenvalue weighted by Gasteiger charge is 3.01. The third-order valence-corrected chi connectivity index (χ3v) is 1.58. The van der Waals surface area contributed by atoms with E-state index in [1.807, 2.05) is 0 Å². The van der Waals surface area contributed by atoms with Gasteiger partial charge in [-0.1, -0.05) is 0 Å². The first kappa shape index (κ1) is 15.5. The Labute approximate surface area is 84.5 Å². The van der Waals surface area contributed by atoms with Gasteiger partial charge in [0.15, 0.2) is 0 Å². The number of alkyl halides is 8. The Hall–Kier alpha value is -0.490. The minimum atomic E-state index is -5.97. The Bertz CT molecular complexity index is 234. The summed E-state index contributed by atoms with van der Waals surface area (Å²) in [5, 5.41) is 0. The molecular formula is C4HF8O3S-. The lowest BCUT2D eigenvalue weighted by Gasteiger charge is -2.49. The molecule has 1 saturated carbocycles. The maximum atomic E-state index is 11.6. The van der Waals surface area contributed by atoms with E-state index in [0.717, 1.165) is 0 Å². The highest BCUT2D eigenvalue weighted by molar-refractivity contribution is 7.73. The van der Waals surface area contributed by atoms with Crippen LogP contribution in [0.1, 0.15) is 0 Å². The summed E-state index contributed by atoms with van der Waals surface area (Å²) in [7, 11) is 0. The van der Waals surface area contributed by atoms with Crippen molar-refractivity contribution in [3.8, 4) is 0 Å². The minimum Gasteiger partial charge on any atom is -0.750 e. The average Bonchev–Trinajstić information content (AvgIpc) is 2.00. The molecule has 0 amide bonds. The van der Waals surface area contributed by atoms with Crippen LogP contribution >= 0.6 is 0 Å². The molecule has 0 aromatic heterocycles. The van der Waals surface area contributed by atoms with Crippen molar-refractivity contribution in [2.45, 2.75) is 23.7 Å². The molecule has 1 aliphatic carbocycles. The number of hydrogen-bond acceptors (Lipinski definition) is 2. The van der Waals surface area contributed by atoms with E-state index in [1.54, 1.807) is 0 Å². The molecule has 1 unspecified atom stereocenters. The summed E-state index contributed by atoms with van der Waals surface area (Å²) in [5.41, 5.74) is 0. The van der Waals surface area contributed by atoms with Crippen LogP contribution in [0.3, 0.4) is 0 Å². The minimum absolute atomic E-state index is 2.86. The van der Waals surface area contributed by atoms with Gasteiger partial charge in [-0.15, -0.1) is 0 Å². The second kappa shape index (κ2) is 3.77. The van der Waals surface area contributed by atoms with Gasteiger partial charge < -0.3 is 9.11 Å². The summed E-state index contributed by atoms with van der Waals surface area (Å²) >= 11 is -2.86. The van der Waals surface area contributed by atoms with Crippen molar-refractivity contribution in [2.24, 2.45) is 0 Å².